The fourth-order valence-electron chi connectivity index (χ4n) is 2.12. The molecule has 4 heteroatoms. The minimum absolute atomic E-state index is 0.00730. The molecular formula is C16H19NO3. The molecule has 1 unspecified atom stereocenters. The highest BCUT2D eigenvalue weighted by Crippen LogP contribution is 2.16. The van der Waals surface area contributed by atoms with Gasteiger partial charge in [0.15, 0.2) is 0 Å². The first-order chi connectivity index (χ1) is 9.58. The summed E-state index contributed by atoms with van der Waals surface area (Å²) in [6, 6.07) is 11.5. The first-order valence-electron chi connectivity index (χ1n) is 6.69. The molecule has 1 aromatic carbocycles. The van der Waals surface area contributed by atoms with Crippen LogP contribution in [0.25, 0.3) is 0 Å². The Balaban J connectivity index is 1.87. The first kappa shape index (κ1) is 14.3. The van der Waals surface area contributed by atoms with E-state index in [1.807, 2.05) is 19.1 Å². The van der Waals surface area contributed by atoms with Crippen molar-refractivity contribution in [2.75, 3.05) is 6.54 Å². The average Bonchev–Trinajstić information content (AvgIpc) is 2.91. The van der Waals surface area contributed by atoms with E-state index in [1.54, 1.807) is 6.07 Å². The number of aryl methyl sites for hydroxylation is 1. The maximum Gasteiger partial charge on any atom is 0.371 e. The third kappa shape index (κ3) is 3.48. The van der Waals surface area contributed by atoms with Gasteiger partial charge in [-0.2, -0.15) is 0 Å². The molecule has 0 aliphatic rings. The lowest BCUT2D eigenvalue weighted by Crippen LogP contribution is -2.21. The standard InChI is InChI=1S/C16H19NO3/c1-11-5-3-4-6-13(11)9-10-17-12(2)14-7-8-15(20-14)16(18)19/h3-8,12,17H,9-10H2,1-2H3,(H,18,19). The highest BCUT2D eigenvalue weighted by molar-refractivity contribution is 5.84. The summed E-state index contributed by atoms with van der Waals surface area (Å²) in [4.78, 5) is 10.8. The van der Waals surface area contributed by atoms with E-state index >= 15 is 0 Å². The fourth-order valence-corrected chi connectivity index (χ4v) is 2.12. The Morgan fingerprint density at radius 1 is 1.30 bits per heavy atom. The zero-order valence-corrected chi connectivity index (χ0v) is 11.7. The van der Waals surface area contributed by atoms with Crippen LogP contribution >= 0.6 is 0 Å². The third-order valence-electron chi connectivity index (χ3n) is 3.37. The predicted octanol–water partition coefficient (Wildman–Crippen LogP) is 3.18. The summed E-state index contributed by atoms with van der Waals surface area (Å²) in [5, 5.41) is 12.2. The van der Waals surface area contributed by atoms with E-state index in [1.165, 1.54) is 17.2 Å². The van der Waals surface area contributed by atoms with Gasteiger partial charge in [0, 0.05) is 0 Å². The van der Waals surface area contributed by atoms with Crippen molar-refractivity contribution in [1.29, 1.82) is 0 Å². The summed E-state index contributed by atoms with van der Waals surface area (Å²) in [5.74, 6) is -0.414. The fraction of sp³-hybridized carbons (Fsp3) is 0.312. The van der Waals surface area contributed by atoms with Crippen molar-refractivity contribution in [2.45, 2.75) is 26.3 Å². The minimum atomic E-state index is -1.04. The minimum Gasteiger partial charge on any atom is -0.475 e. The van der Waals surface area contributed by atoms with E-state index in [2.05, 4.69) is 24.4 Å². The van der Waals surface area contributed by atoms with Crippen LogP contribution in [0.4, 0.5) is 0 Å². The lowest BCUT2D eigenvalue weighted by molar-refractivity contribution is 0.0659. The molecule has 4 nitrogen and oxygen atoms in total. The van der Waals surface area contributed by atoms with Gasteiger partial charge in [0.25, 0.3) is 0 Å². The van der Waals surface area contributed by atoms with Gasteiger partial charge in [-0.05, 0) is 50.1 Å². The van der Waals surface area contributed by atoms with E-state index in [9.17, 15) is 4.79 Å². The predicted molar refractivity (Wildman–Crippen MR) is 77.0 cm³/mol. The summed E-state index contributed by atoms with van der Waals surface area (Å²) in [6.45, 7) is 4.88. The summed E-state index contributed by atoms with van der Waals surface area (Å²) in [6.07, 6.45) is 0.934. The van der Waals surface area contributed by atoms with E-state index in [0.29, 0.717) is 5.76 Å². The molecule has 0 bridgehead atoms. The van der Waals surface area contributed by atoms with Gasteiger partial charge in [-0.25, -0.2) is 4.79 Å². The molecular weight excluding hydrogens is 254 g/mol. The molecule has 0 saturated heterocycles. The quantitative estimate of drug-likeness (QED) is 0.848. The molecule has 1 atom stereocenters. The molecule has 0 aliphatic heterocycles. The summed E-state index contributed by atoms with van der Waals surface area (Å²) < 4.78 is 5.27. The number of carboxylic acids is 1. The topological polar surface area (TPSA) is 62.5 Å². The zero-order chi connectivity index (χ0) is 14.5. The van der Waals surface area contributed by atoms with Crippen molar-refractivity contribution in [1.82, 2.24) is 5.32 Å². The Bertz CT molecular complexity index is 589. The largest absolute Gasteiger partial charge is 0.475 e. The van der Waals surface area contributed by atoms with Gasteiger partial charge in [0.1, 0.15) is 5.76 Å². The van der Waals surface area contributed by atoms with Crippen molar-refractivity contribution in [3.05, 3.63) is 59.0 Å². The van der Waals surface area contributed by atoms with Gasteiger partial charge < -0.3 is 14.8 Å². The van der Waals surface area contributed by atoms with Crippen LogP contribution in [0, 0.1) is 6.92 Å². The second-order valence-corrected chi connectivity index (χ2v) is 4.86. The number of hydrogen-bond donors (Lipinski definition) is 2. The SMILES string of the molecule is Cc1ccccc1CCNC(C)c1ccc(C(=O)O)o1. The van der Waals surface area contributed by atoms with Crippen LogP contribution in [-0.4, -0.2) is 17.6 Å². The molecule has 1 heterocycles. The summed E-state index contributed by atoms with van der Waals surface area (Å²) in [5.41, 5.74) is 2.60. The highest BCUT2D eigenvalue weighted by atomic mass is 16.4. The maximum atomic E-state index is 10.8. The molecule has 0 spiro atoms. The van der Waals surface area contributed by atoms with Crippen molar-refractivity contribution < 1.29 is 14.3 Å². The molecule has 0 radical (unpaired) electrons. The Hall–Kier alpha value is -2.07. The zero-order valence-electron chi connectivity index (χ0n) is 11.7. The Morgan fingerprint density at radius 2 is 2.05 bits per heavy atom. The van der Waals surface area contributed by atoms with Crippen molar-refractivity contribution in [2.24, 2.45) is 0 Å². The van der Waals surface area contributed by atoms with E-state index in [-0.39, 0.29) is 11.8 Å². The monoisotopic (exact) mass is 273 g/mol. The molecule has 2 N–H and O–H groups in total. The Morgan fingerprint density at radius 3 is 2.70 bits per heavy atom. The summed E-state index contributed by atoms with van der Waals surface area (Å²) in [7, 11) is 0. The number of furan rings is 1. The molecule has 106 valence electrons. The van der Waals surface area contributed by atoms with Gasteiger partial charge in [0.2, 0.25) is 5.76 Å². The first-order valence-corrected chi connectivity index (χ1v) is 6.69. The average molecular weight is 273 g/mol. The van der Waals surface area contributed by atoms with Gasteiger partial charge in [-0.1, -0.05) is 24.3 Å². The smallest absolute Gasteiger partial charge is 0.371 e. The van der Waals surface area contributed by atoms with Crippen LogP contribution in [0.15, 0.2) is 40.8 Å². The van der Waals surface area contributed by atoms with Crippen LogP contribution < -0.4 is 5.32 Å². The number of carboxylic acid groups (broad SMARTS) is 1. The molecule has 2 rings (SSSR count). The lowest BCUT2D eigenvalue weighted by atomic mass is 10.1. The molecule has 0 fully saturated rings. The molecule has 0 amide bonds. The molecule has 0 aliphatic carbocycles. The van der Waals surface area contributed by atoms with Crippen LogP contribution in [0.2, 0.25) is 0 Å². The van der Waals surface area contributed by atoms with Crippen LogP contribution in [0.1, 0.15) is 40.4 Å². The van der Waals surface area contributed by atoms with E-state index in [0.717, 1.165) is 13.0 Å². The van der Waals surface area contributed by atoms with E-state index in [4.69, 9.17) is 9.52 Å². The Labute approximate surface area is 118 Å². The Kier molecular flexibility index (Phi) is 4.58. The van der Waals surface area contributed by atoms with Gasteiger partial charge >= 0.3 is 5.97 Å². The third-order valence-corrected chi connectivity index (χ3v) is 3.37. The van der Waals surface area contributed by atoms with Gasteiger partial charge in [0.05, 0.1) is 6.04 Å². The van der Waals surface area contributed by atoms with Gasteiger partial charge in [-0.15, -0.1) is 0 Å². The molecule has 2 aromatic rings. The highest BCUT2D eigenvalue weighted by Gasteiger charge is 2.13. The second-order valence-electron chi connectivity index (χ2n) is 4.86. The molecule has 20 heavy (non-hydrogen) atoms. The number of rotatable bonds is 6. The number of aromatic carboxylic acids is 1. The van der Waals surface area contributed by atoms with Crippen LogP contribution in [-0.2, 0) is 6.42 Å². The van der Waals surface area contributed by atoms with Crippen molar-refractivity contribution in [3.8, 4) is 0 Å². The summed E-state index contributed by atoms with van der Waals surface area (Å²) >= 11 is 0. The van der Waals surface area contributed by atoms with Crippen LogP contribution in [0.5, 0.6) is 0 Å². The van der Waals surface area contributed by atoms with Crippen LogP contribution in [0.3, 0.4) is 0 Å². The van der Waals surface area contributed by atoms with Crippen molar-refractivity contribution >= 4 is 5.97 Å². The second kappa shape index (κ2) is 6.39. The number of nitrogens with one attached hydrogen (secondary N) is 1. The normalized spacial score (nSPS) is 12.3. The van der Waals surface area contributed by atoms with E-state index < -0.39 is 5.97 Å². The lowest BCUT2D eigenvalue weighted by Gasteiger charge is -2.12. The van der Waals surface area contributed by atoms with Crippen molar-refractivity contribution in [3.63, 3.8) is 0 Å². The maximum absolute atomic E-state index is 10.8. The molecule has 0 saturated carbocycles. The number of carbonyl (C=O) groups is 1. The number of benzene rings is 1. The van der Waals surface area contributed by atoms with Gasteiger partial charge in [-0.3, -0.25) is 0 Å². The molecule has 1 aromatic heterocycles. The number of hydrogen-bond acceptors (Lipinski definition) is 3.